The minimum absolute atomic E-state index is 1.10. The molecule has 0 bridgehead atoms. The summed E-state index contributed by atoms with van der Waals surface area (Å²) >= 11 is 1.86. The lowest BCUT2D eigenvalue weighted by Gasteiger charge is -2.14. The Morgan fingerprint density at radius 3 is 2.00 bits per heavy atom. The van der Waals surface area contributed by atoms with E-state index in [9.17, 15) is 0 Å². The minimum atomic E-state index is 1.10. The molecule has 0 aliphatic carbocycles. The molecule has 0 saturated heterocycles. The number of nitrogens with zero attached hydrogens (tertiary/aromatic N) is 1. The van der Waals surface area contributed by atoms with Crippen LogP contribution in [0.4, 0.5) is 0 Å². The van der Waals surface area contributed by atoms with E-state index in [0.29, 0.717) is 0 Å². The Bertz CT molecular complexity index is 364. The molecular formula is C13H17NS. The van der Waals surface area contributed by atoms with Crippen LogP contribution >= 0.6 is 11.9 Å². The minimum Gasteiger partial charge on any atom is -0.238 e. The first-order valence-electron chi connectivity index (χ1n) is 5.30. The standard InChI is InChI=1S/C13H17NS/c1-10-4-6-13(7-5-10)15-14-8-11(2)12(3)9-14/h4-7H,8-9H2,1-3H3. The van der Waals surface area contributed by atoms with Crippen LogP contribution in [0.5, 0.6) is 0 Å². The average molecular weight is 219 g/mol. The Morgan fingerprint density at radius 1 is 0.933 bits per heavy atom. The van der Waals surface area contributed by atoms with Crippen molar-refractivity contribution < 1.29 is 0 Å². The molecule has 1 aliphatic heterocycles. The summed E-state index contributed by atoms with van der Waals surface area (Å²) in [5.74, 6) is 0. The summed E-state index contributed by atoms with van der Waals surface area (Å²) in [6, 6.07) is 8.74. The Balaban J connectivity index is 1.97. The van der Waals surface area contributed by atoms with Gasteiger partial charge < -0.3 is 0 Å². The molecule has 1 aliphatic rings. The van der Waals surface area contributed by atoms with Crippen LogP contribution in [0.2, 0.25) is 0 Å². The molecule has 0 unspecified atom stereocenters. The van der Waals surface area contributed by atoms with E-state index in [1.165, 1.54) is 21.6 Å². The largest absolute Gasteiger partial charge is 0.238 e. The third kappa shape index (κ3) is 2.64. The predicted molar refractivity (Wildman–Crippen MR) is 67.0 cm³/mol. The van der Waals surface area contributed by atoms with Gasteiger partial charge in [-0.15, -0.1) is 0 Å². The Hall–Kier alpha value is -0.730. The highest BCUT2D eigenvalue weighted by Crippen LogP contribution is 2.29. The molecule has 0 aromatic heterocycles. The van der Waals surface area contributed by atoms with Gasteiger partial charge in [-0.1, -0.05) is 28.8 Å². The molecule has 0 atom stereocenters. The van der Waals surface area contributed by atoms with Gasteiger partial charge in [0.25, 0.3) is 0 Å². The van der Waals surface area contributed by atoms with E-state index >= 15 is 0 Å². The highest BCUT2D eigenvalue weighted by molar-refractivity contribution is 7.97. The lowest BCUT2D eigenvalue weighted by molar-refractivity contribution is 0.594. The van der Waals surface area contributed by atoms with Gasteiger partial charge in [0.15, 0.2) is 0 Å². The van der Waals surface area contributed by atoms with Crippen molar-refractivity contribution >= 4 is 11.9 Å². The van der Waals surface area contributed by atoms with Crippen molar-refractivity contribution in [2.24, 2.45) is 0 Å². The van der Waals surface area contributed by atoms with Crippen LogP contribution in [0.15, 0.2) is 40.3 Å². The summed E-state index contributed by atoms with van der Waals surface area (Å²) in [6.45, 7) is 8.78. The maximum absolute atomic E-state index is 2.41. The zero-order valence-electron chi connectivity index (χ0n) is 9.58. The van der Waals surface area contributed by atoms with Gasteiger partial charge in [0.05, 0.1) is 0 Å². The van der Waals surface area contributed by atoms with Crippen LogP contribution in [0, 0.1) is 6.92 Å². The molecule has 2 heteroatoms. The third-order valence-electron chi connectivity index (χ3n) is 2.81. The van der Waals surface area contributed by atoms with Crippen molar-refractivity contribution in [1.29, 1.82) is 0 Å². The van der Waals surface area contributed by atoms with Gasteiger partial charge in [-0.3, -0.25) is 0 Å². The highest BCUT2D eigenvalue weighted by atomic mass is 32.2. The zero-order chi connectivity index (χ0) is 10.8. The molecule has 0 fully saturated rings. The van der Waals surface area contributed by atoms with Crippen LogP contribution in [-0.2, 0) is 0 Å². The summed E-state index contributed by atoms with van der Waals surface area (Å²) in [5.41, 5.74) is 4.37. The zero-order valence-corrected chi connectivity index (χ0v) is 10.4. The van der Waals surface area contributed by atoms with E-state index in [2.05, 4.69) is 49.3 Å². The van der Waals surface area contributed by atoms with E-state index in [0.717, 1.165) is 13.1 Å². The van der Waals surface area contributed by atoms with Gasteiger partial charge >= 0.3 is 0 Å². The lowest BCUT2D eigenvalue weighted by atomic mass is 10.2. The second-order valence-electron chi connectivity index (χ2n) is 4.26. The molecule has 1 heterocycles. The maximum Gasteiger partial charge on any atom is 0.0307 e. The molecule has 0 amide bonds. The lowest BCUT2D eigenvalue weighted by Crippen LogP contribution is -2.11. The van der Waals surface area contributed by atoms with E-state index in [4.69, 9.17) is 0 Å². The third-order valence-corrected chi connectivity index (χ3v) is 3.81. The molecule has 15 heavy (non-hydrogen) atoms. The number of rotatable bonds is 2. The SMILES string of the molecule is CC1=C(C)CN(Sc2ccc(C)cc2)C1. The van der Waals surface area contributed by atoms with Crippen molar-refractivity contribution in [3.8, 4) is 0 Å². The Labute approximate surface area is 96.3 Å². The van der Waals surface area contributed by atoms with Gasteiger partial charge in [0.1, 0.15) is 0 Å². The van der Waals surface area contributed by atoms with Crippen LogP contribution in [-0.4, -0.2) is 17.4 Å². The summed E-state index contributed by atoms with van der Waals surface area (Å²) in [6.07, 6.45) is 0. The van der Waals surface area contributed by atoms with Crippen molar-refractivity contribution in [2.45, 2.75) is 25.7 Å². The predicted octanol–water partition coefficient (Wildman–Crippen LogP) is 3.65. The van der Waals surface area contributed by atoms with Crippen molar-refractivity contribution in [3.63, 3.8) is 0 Å². The topological polar surface area (TPSA) is 3.24 Å². The first kappa shape index (κ1) is 10.8. The first-order chi connectivity index (χ1) is 7.15. The van der Waals surface area contributed by atoms with Crippen molar-refractivity contribution in [3.05, 3.63) is 41.0 Å². The summed E-state index contributed by atoms with van der Waals surface area (Å²) in [4.78, 5) is 1.34. The quantitative estimate of drug-likeness (QED) is 0.551. The number of aryl methyl sites for hydroxylation is 1. The van der Waals surface area contributed by atoms with Crippen LogP contribution < -0.4 is 0 Å². The first-order valence-corrected chi connectivity index (χ1v) is 6.07. The van der Waals surface area contributed by atoms with E-state index in [-0.39, 0.29) is 0 Å². The summed E-state index contributed by atoms with van der Waals surface area (Å²) < 4.78 is 2.41. The molecule has 1 nitrogen and oxygen atoms in total. The van der Waals surface area contributed by atoms with E-state index < -0.39 is 0 Å². The molecule has 1 aromatic carbocycles. The molecule has 0 N–H and O–H groups in total. The second kappa shape index (κ2) is 4.42. The maximum atomic E-state index is 2.41. The highest BCUT2D eigenvalue weighted by Gasteiger charge is 2.16. The average Bonchev–Trinajstić information content (AvgIpc) is 2.50. The molecule has 0 saturated carbocycles. The van der Waals surface area contributed by atoms with E-state index in [1.807, 2.05) is 11.9 Å². The normalized spacial score (nSPS) is 17.5. The van der Waals surface area contributed by atoms with Gasteiger partial charge in [0.2, 0.25) is 0 Å². The monoisotopic (exact) mass is 219 g/mol. The van der Waals surface area contributed by atoms with Gasteiger partial charge in [-0.05, 0) is 44.9 Å². The molecule has 0 spiro atoms. The number of hydrogen-bond donors (Lipinski definition) is 0. The Morgan fingerprint density at radius 2 is 1.47 bits per heavy atom. The molecule has 2 rings (SSSR count). The van der Waals surface area contributed by atoms with Crippen molar-refractivity contribution in [2.75, 3.05) is 13.1 Å². The van der Waals surface area contributed by atoms with Crippen LogP contribution in [0.3, 0.4) is 0 Å². The summed E-state index contributed by atoms with van der Waals surface area (Å²) in [7, 11) is 0. The second-order valence-corrected chi connectivity index (χ2v) is 5.43. The molecular weight excluding hydrogens is 202 g/mol. The molecule has 1 aromatic rings. The fourth-order valence-electron chi connectivity index (χ4n) is 1.67. The van der Waals surface area contributed by atoms with Gasteiger partial charge in [0, 0.05) is 18.0 Å². The Kier molecular flexibility index (Phi) is 3.17. The number of hydrogen-bond acceptors (Lipinski definition) is 2. The van der Waals surface area contributed by atoms with E-state index in [1.54, 1.807) is 0 Å². The fourth-order valence-corrected chi connectivity index (χ4v) is 2.74. The van der Waals surface area contributed by atoms with Crippen molar-refractivity contribution in [1.82, 2.24) is 4.31 Å². The fraction of sp³-hybridized carbons (Fsp3) is 0.385. The number of benzene rings is 1. The smallest absolute Gasteiger partial charge is 0.0307 e. The van der Waals surface area contributed by atoms with Crippen LogP contribution in [0.1, 0.15) is 19.4 Å². The van der Waals surface area contributed by atoms with Crippen LogP contribution in [0.25, 0.3) is 0 Å². The van der Waals surface area contributed by atoms with Gasteiger partial charge in [-0.2, -0.15) is 0 Å². The molecule has 0 radical (unpaired) electrons. The molecule has 80 valence electrons. The summed E-state index contributed by atoms with van der Waals surface area (Å²) in [5, 5.41) is 0. The van der Waals surface area contributed by atoms with Gasteiger partial charge in [-0.25, -0.2) is 4.31 Å².